The number of carbonyl (C=O) groups is 3. The van der Waals surface area contributed by atoms with Crippen molar-refractivity contribution in [2.45, 2.75) is 284 Å². The van der Waals surface area contributed by atoms with Crippen LogP contribution >= 0.6 is 0 Å². The van der Waals surface area contributed by atoms with E-state index >= 15 is 0 Å². The first-order valence-electron chi connectivity index (χ1n) is 29.7. The molecule has 0 amide bonds. The van der Waals surface area contributed by atoms with Gasteiger partial charge in [0, 0.05) is 19.3 Å². The number of esters is 3. The van der Waals surface area contributed by atoms with E-state index in [2.05, 4.69) is 112 Å². The molecule has 0 bridgehead atoms. The Kier molecular flexibility index (Phi) is 55.9. The van der Waals surface area contributed by atoms with Gasteiger partial charge in [-0.25, -0.2) is 0 Å². The van der Waals surface area contributed by atoms with Crippen molar-refractivity contribution in [3.8, 4) is 0 Å². The molecule has 406 valence electrons. The summed E-state index contributed by atoms with van der Waals surface area (Å²) in [5.74, 6) is -0.998. The van der Waals surface area contributed by atoms with Gasteiger partial charge >= 0.3 is 17.9 Å². The second kappa shape index (κ2) is 58.9. The summed E-state index contributed by atoms with van der Waals surface area (Å²) in [6.07, 6.45) is 78.4. The van der Waals surface area contributed by atoms with E-state index in [0.29, 0.717) is 19.3 Å². The van der Waals surface area contributed by atoms with Crippen LogP contribution in [0, 0.1) is 0 Å². The second-order valence-electron chi connectivity index (χ2n) is 19.5. The van der Waals surface area contributed by atoms with Crippen LogP contribution in [0.5, 0.6) is 0 Å². The van der Waals surface area contributed by atoms with Crippen LogP contribution in [-0.4, -0.2) is 37.2 Å². The van der Waals surface area contributed by atoms with E-state index in [0.717, 1.165) is 89.9 Å². The van der Waals surface area contributed by atoms with Crippen molar-refractivity contribution >= 4 is 17.9 Å². The molecule has 0 aliphatic rings. The molecular weight excluding hydrogens is 877 g/mol. The molecule has 1 unspecified atom stereocenters. The van der Waals surface area contributed by atoms with Gasteiger partial charge in [0.2, 0.25) is 0 Å². The Labute approximate surface area is 438 Å². The van der Waals surface area contributed by atoms with Crippen LogP contribution in [0.3, 0.4) is 0 Å². The molecule has 0 aliphatic carbocycles. The number of hydrogen-bond donors (Lipinski definition) is 0. The highest BCUT2D eigenvalue weighted by atomic mass is 16.6. The predicted molar refractivity (Wildman–Crippen MR) is 307 cm³/mol. The molecule has 0 fully saturated rings. The SMILES string of the molecule is CC/C=C\C/C=C\C/C=C\C/C=C\C/C=C\C/C=C\CCC(=O)OCC(COC(=O)CCCCCCC/C=C\CCCCCCCC)OC(=O)CCCCCCCCCCC/C=C\CCCCCCCC. The quantitative estimate of drug-likeness (QED) is 0.0261. The molecule has 0 saturated carbocycles. The van der Waals surface area contributed by atoms with E-state index in [9.17, 15) is 14.4 Å². The Bertz CT molecular complexity index is 1410. The van der Waals surface area contributed by atoms with Crippen LogP contribution in [0.15, 0.2) is 97.2 Å². The summed E-state index contributed by atoms with van der Waals surface area (Å²) in [7, 11) is 0. The van der Waals surface area contributed by atoms with Gasteiger partial charge in [0.25, 0.3) is 0 Å². The molecule has 0 aliphatic heterocycles. The number of ether oxygens (including phenoxy) is 3. The minimum absolute atomic E-state index is 0.106. The molecule has 0 rings (SSSR count). The van der Waals surface area contributed by atoms with Crippen LogP contribution < -0.4 is 0 Å². The molecule has 0 saturated heterocycles. The van der Waals surface area contributed by atoms with Gasteiger partial charge in [0.15, 0.2) is 6.10 Å². The van der Waals surface area contributed by atoms with Crippen molar-refractivity contribution in [2.75, 3.05) is 13.2 Å². The standard InChI is InChI=1S/C65H110O6/c1-4-7-10-13-16-19-22-25-28-30-32-34-37-40-43-46-49-52-55-58-64(67)70-61-62(60-69-63(66)57-54-51-48-45-42-39-36-27-24-21-18-15-12-9-6-3)71-65(68)59-56-53-50-47-44-41-38-35-33-31-29-26-23-20-17-14-11-8-5-2/h7,10,16,19,25-29,32,34,36,40,43,49,52,62H,4-6,8-9,11-15,17-18,20-24,30-31,33,35,37-39,41-42,44-48,50-51,53-61H2,1-3H3/b10-7-,19-16-,28-25-,29-26-,34-32-,36-27-,43-40-,52-49-. The van der Waals surface area contributed by atoms with Crippen molar-refractivity contribution < 1.29 is 28.6 Å². The smallest absolute Gasteiger partial charge is 0.306 e. The largest absolute Gasteiger partial charge is 0.462 e. The third kappa shape index (κ3) is 57.1. The Morgan fingerprint density at radius 3 is 0.944 bits per heavy atom. The van der Waals surface area contributed by atoms with Gasteiger partial charge in [-0.3, -0.25) is 14.4 Å². The number of unbranched alkanes of at least 4 members (excludes halogenated alkanes) is 26. The average molecular weight is 988 g/mol. The summed E-state index contributed by atoms with van der Waals surface area (Å²) < 4.78 is 16.8. The minimum atomic E-state index is -0.814. The van der Waals surface area contributed by atoms with Crippen LogP contribution in [0.1, 0.15) is 278 Å². The summed E-state index contributed by atoms with van der Waals surface area (Å²) in [4.78, 5) is 38.2. The maximum atomic E-state index is 12.9. The molecule has 0 aromatic carbocycles. The highest BCUT2D eigenvalue weighted by Gasteiger charge is 2.19. The molecule has 1 atom stereocenters. The highest BCUT2D eigenvalue weighted by Crippen LogP contribution is 2.15. The Hall–Kier alpha value is -3.67. The lowest BCUT2D eigenvalue weighted by molar-refractivity contribution is -0.166. The van der Waals surface area contributed by atoms with Gasteiger partial charge in [-0.15, -0.1) is 0 Å². The van der Waals surface area contributed by atoms with E-state index in [4.69, 9.17) is 14.2 Å². The second-order valence-corrected chi connectivity index (χ2v) is 19.5. The topological polar surface area (TPSA) is 78.9 Å². The molecule has 6 heteroatoms. The zero-order valence-electron chi connectivity index (χ0n) is 46.5. The van der Waals surface area contributed by atoms with Gasteiger partial charge in [-0.1, -0.05) is 246 Å². The fourth-order valence-corrected chi connectivity index (χ4v) is 8.11. The summed E-state index contributed by atoms with van der Waals surface area (Å²) in [6.45, 7) is 6.46. The summed E-state index contributed by atoms with van der Waals surface area (Å²) in [5.41, 5.74) is 0. The summed E-state index contributed by atoms with van der Waals surface area (Å²) >= 11 is 0. The summed E-state index contributed by atoms with van der Waals surface area (Å²) in [5, 5.41) is 0. The molecule has 71 heavy (non-hydrogen) atoms. The average Bonchev–Trinajstić information content (AvgIpc) is 3.37. The first-order valence-corrected chi connectivity index (χ1v) is 29.7. The Morgan fingerprint density at radius 1 is 0.296 bits per heavy atom. The fourth-order valence-electron chi connectivity index (χ4n) is 8.11. The van der Waals surface area contributed by atoms with Gasteiger partial charge in [-0.2, -0.15) is 0 Å². The van der Waals surface area contributed by atoms with Crippen molar-refractivity contribution in [1.29, 1.82) is 0 Å². The first kappa shape index (κ1) is 67.3. The van der Waals surface area contributed by atoms with Crippen LogP contribution in [0.25, 0.3) is 0 Å². The zero-order chi connectivity index (χ0) is 51.4. The van der Waals surface area contributed by atoms with E-state index in [1.54, 1.807) is 0 Å². The van der Waals surface area contributed by atoms with Gasteiger partial charge in [-0.05, 0) is 109 Å². The predicted octanol–water partition coefficient (Wildman–Crippen LogP) is 20.1. The molecule has 0 spiro atoms. The normalized spacial score (nSPS) is 12.8. The lowest BCUT2D eigenvalue weighted by Gasteiger charge is -2.18. The monoisotopic (exact) mass is 987 g/mol. The zero-order valence-corrected chi connectivity index (χ0v) is 46.5. The van der Waals surface area contributed by atoms with Crippen molar-refractivity contribution in [1.82, 2.24) is 0 Å². The van der Waals surface area contributed by atoms with Crippen LogP contribution in [0.4, 0.5) is 0 Å². The maximum absolute atomic E-state index is 12.9. The molecular formula is C65H110O6. The number of allylic oxidation sites excluding steroid dienone is 16. The number of rotatable bonds is 53. The molecule has 0 aromatic heterocycles. The van der Waals surface area contributed by atoms with Crippen LogP contribution in [0.2, 0.25) is 0 Å². The van der Waals surface area contributed by atoms with Gasteiger partial charge in [0.05, 0.1) is 0 Å². The maximum Gasteiger partial charge on any atom is 0.306 e. The van der Waals surface area contributed by atoms with E-state index in [1.165, 1.54) is 141 Å². The van der Waals surface area contributed by atoms with E-state index in [1.807, 2.05) is 6.08 Å². The van der Waals surface area contributed by atoms with Gasteiger partial charge < -0.3 is 14.2 Å². The van der Waals surface area contributed by atoms with Crippen molar-refractivity contribution in [3.63, 3.8) is 0 Å². The Balaban J connectivity index is 4.50. The van der Waals surface area contributed by atoms with E-state index in [-0.39, 0.29) is 37.5 Å². The molecule has 0 aromatic rings. The number of carbonyl (C=O) groups excluding carboxylic acids is 3. The highest BCUT2D eigenvalue weighted by molar-refractivity contribution is 5.71. The third-order valence-corrected chi connectivity index (χ3v) is 12.6. The Morgan fingerprint density at radius 2 is 0.577 bits per heavy atom. The third-order valence-electron chi connectivity index (χ3n) is 12.6. The van der Waals surface area contributed by atoms with Gasteiger partial charge in [0.1, 0.15) is 13.2 Å². The minimum Gasteiger partial charge on any atom is -0.462 e. The van der Waals surface area contributed by atoms with E-state index < -0.39 is 6.10 Å². The van der Waals surface area contributed by atoms with Crippen molar-refractivity contribution in [3.05, 3.63) is 97.2 Å². The lowest BCUT2D eigenvalue weighted by atomic mass is 10.1. The fraction of sp³-hybridized carbons (Fsp3) is 0.708. The molecule has 0 N–H and O–H groups in total. The molecule has 6 nitrogen and oxygen atoms in total. The van der Waals surface area contributed by atoms with Crippen molar-refractivity contribution in [2.24, 2.45) is 0 Å². The molecule has 0 heterocycles. The summed E-state index contributed by atoms with van der Waals surface area (Å²) in [6, 6.07) is 0. The van der Waals surface area contributed by atoms with Crippen LogP contribution in [-0.2, 0) is 28.6 Å². The lowest BCUT2D eigenvalue weighted by Crippen LogP contribution is -2.30. The first-order chi connectivity index (χ1) is 35.0. The molecule has 0 radical (unpaired) electrons. The number of hydrogen-bond acceptors (Lipinski definition) is 6.